The molecular weight excluding hydrogens is 247 g/mol. The van der Waals surface area contributed by atoms with E-state index in [4.69, 9.17) is 5.11 Å². The first-order chi connectivity index (χ1) is 8.95. The molecule has 1 aromatic rings. The lowest BCUT2D eigenvalue weighted by Crippen LogP contribution is -2.07. The van der Waals surface area contributed by atoms with Gasteiger partial charge in [-0.3, -0.25) is 14.0 Å². The molecule has 1 rings (SSSR count). The number of alkyl halides is 1. The van der Waals surface area contributed by atoms with E-state index in [9.17, 15) is 14.0 Å². The standard InChI is InChI=1S/C15H17FO3/c1-10(15(18)19)13-5-3-12(4-6-13)9-14(7-8-16)11(2)17/h3-6,9-10H,7-8H2,1-2H3,(H,18,19). The summed E-state index contributed by atoms with van der Waals surface area (Å²) in [6.07, 6.45) is 1.74. The molecule has 0 aliphatic heterocycles. The van der Waals surface area contributed by atoms with Gasteiger partial charge in [-0.05, 0) is 36.6 Å². The third-order valence-electron chi connectivity index (χ3n) is 2.96. The normalized spacial score (nSPS) is 13.1. The molecule has 1 unspecified atom stereocenters. The number of carbonyl (C=O) groups excluding carboxylic acids is 1. The van der Waals surface area contributed by atoms with Crippen LogP contribution in [-0.4, -0.2) is 23.5 Å². The Bertz CT molecular complexity index is 489. The van der Waals surface area contributed by atoms with Gasteiger partial charge in [0.05, 0.1) is 12.6 Å². The van der Waals surface area contributed by atoms with Crippen molar-refractivity contribution >= 4 is 17.8 Å². The molecule has 0 aromatic heterocycles. The smallest absolute Gasteiger partial charge is 0.310 e. The highest BCUT2D eigenvalue weighted by atomic mass is 19.1. The van der Waals surface area contributed by atoms with Crippen LogP contribution in [0.2, 0.25) is 0 Å². The number of rotatable bonds is 6. The zero-order chi connectivity index (χ0) is 14.4. The van der Waals surface area contributed by atoms with Crippen LogP contribution in [0.4, 0.5) is 4.39 Å². The molecule has 0 aliphatic rings. The van der Waals surface area contributed by atoms with Crippen molar-refractivity contribution < 1.29 is 19.1 Å². The summed E-state index contributed by atoms with van der Waals surface area (Å²) >= 11 is 0. The van der Waals surface area contributed by atoms with E-state index in [-0.39, 0.29) is 12.2 Å². The fourth-order valence-corrected chi connectivity index (χ4v) is 1.68. The number of benzene rings is 1. The molecular formula is C15H17FO3. The Labute approximate surface area is 111 Å². The molecule has 0 fully saturated rings. The maximum atomic E-state index is 12.3. The number of carboxylic acid groups (broad SMARTS) is 1. The van der Waals surface area contributed by atoms with Crippen LogP contribution < -0.4 is 0 Å². The molecule has 0 saturated heterocycles. The minimum absolute atomic E-state index is 0.0998. The van der Waals surface area contributed by atoms with E-state index in [0.717, 1.165) is 5.56 Å². The molecule has 0 aliphatic carbocycles. The third kappa shape index (κ3) is 4.32. The lowest BCUT2D eigenvalue weighted by atomic mass is 9.98. The van der Waals surface area contributed by atoms with Crippen LogP contribution in [-0.2, 0) is 9.59 Å². The number of hydrogen-bond acceptors (Lipinski definition) is 2. The summed E-state index contributed by atoms with van der Waals surface area (Å²) in [6.45, 7) is 2.44. The molecule has 0 spiro atoms. The minimum Gasteiger partial charge on any atom is -0.481 e. The van der Waals surface area contributed by atoms with E-state index in [0.29, 0.717) is 11.1 Å². The van der Waals surface area contributed by atoms with Crippen molar-refractivity contribution in [3.63, 3.8) is 0 Å². The van der Waals surface area contributed by atoms with Gasteiger partial charge in [0.25, 0.3) is 0 Å². The van der Waals surface area contributed by atoms with Gasteiger partial charge >= 0.3 is 5.97 Å². The fourth-order valence-electron chi connectivity index (χ4n) is 1.68. The second-order valence-corrected chi connectivity index (χ2v) is 4.39. The number of aliphatic carboxylic acids is 1. The number of halogens is 1. The molecule has 1 atom stereocenters. The van der Waals surface area contributed by atoms with Crippen molar-refractivity contribution in [2.75, 3.05) is 6.67 Å². The second kappa shape index (κ2) is 6.83. The van der Waals surface area contributed by atoms with Crippen molar-refractivity contribution in [1.82, 2.24) is 0 Å². The fraction of sp³-hybridized carbons (Fsp3) is 0.333. The highest BCUT2D eigenvalue weighted by Gasteiger charge is 2.12. The molecule has 4 heteroatoms. The maximum Gasteiger partial charge on any atom is 0.310 e. The lowest BCUT2D eigenvalue weighted by molar-refractivity contribution is -0.138. The van der Waals surface area contributed by atoms with Gasteiger partial charge in [0, 0.05) is 6.42 Å². The van der Waals surface area contributed by atoms with Crippen LogP contribution in [0.25, 0.3) is 6.08 Å². The van der Waals surface area contributed by atoms with E-state index in [1.807, 2.05) is 0 Å². The van der Waals surface area contributed by atoms with Crippen LogP contribution in [0.15, 0.2) is 29.8 Å². The van der Waals surface area contributed by atoms with Crippen molar-refractivity contribution in [1.29, 1.82) is 0 Å². The summed E-state index contributed by atoms with van der Waals surface area (Å²) < 4.78 is 12.3. The van der Waals surface area contributed by atoms with Crippen molar-refractivity contribution in [2.24, 2.45) is 0 Å². The van der Waals surface area contributed by atoms with E-state index < -0.39 is 18.6 Å². The van der Waals surface area contributed by atoms with Gasteiger partial charge in [-0.15, -0.1) is 0 Å². The molecule has 0 bridgehead atoms. The predicted molar refractivity (Wildman–Crippen MR) is 71.7 cm³/mol. The van der Waals surface area contributed by atoms with Gasteiger partial charge < -0.3 is 5.11 Å². The second-order valence-electron chi connectivity index (χ2n) is 4.39. The zero-order valence-electron chi connectivity index (χ0n) is 11.0. The number of ketones is 1. The Balaban J connectivity index is 2.95. The molecule has 1 N–H and O–H groups in total. The number of allylic oxidation sites excluding steroid dienone is 1. The van der Waals surface area contributed by atoms with Gasteiger partial charge in [-0.2, -0.15) is 0 Å². The van der Waals surface area contributed by atoms with Gasteiger partial charge in [0.2, 0.25) is 0 Å². The van der Waals surface area contributed by atoms with Crippen LogP contribution in [0.5, 0.6) is 0 Å². The largest absolute Gasteiger partial charge is 0.481 e. The van der Waals surface area contributed by atoms with Crippen molar-refractivity contribution in [3.05, 3.63) is 41.0 Å². The molecule has 1 aromatic carbocycles. The molecule has 3 nitrogen and oxygen atoms in total. The van der Waals surface area contributed by atoms with Crippen molar-refractivity contribution in [3.8, 4) is 0 Å². The van der Waals surface area contributed by atoms with E-state index in [2.05, 4.69) is 0 Å². The van der Waals surface area contributed by atoms with Crippen LogP contribution in [0.3, 0.4) is 0 Å². The maximum absolute atomic E-state index is 12.3. The summed E-state index contributed by atoms with van der Waals surface area (Å²) in [6, 6.07) is 6.88. The van der Waals surface area contributed by atoms with E-state index in [1.165, 1.54) is 6.92 Å². The predicted octanol–water partition coefficient (Wildman–Crippen LogP) is 3.21. The summed E-state index contributed by atoms with van der Waals surface area (Å²) in [5, 5.41) is 8.89. The number of carbonyl (C=O) groups is 2. The van der Waals surface area contributed by atoms with E-state index in [1.54, 1.807) is 37.3 Å². The zero-order valence-corrected chi connectivity index (χ0v) is 11.0. The Morgan fingerprint density at radius 2 is 1.89 bits per heavy atom. The van der Waals surface area contributed by atoms with Gasteiger partial charge in [-0.25, -0.2) is 0 Å². The highest BCUT2D eigenvalue weighted by molar-refractivity contribution is 5.97. The number of Topliss-reactive ketones (excluding diaryl/α,β-unsaturated/α-hetero) is 1. The van der Waals surface area contributed by atoms with Crippen LogP contribution >= 0.6 is 0 Å². The minimum atomic E-state index is -0.884. The Morgan fingerprint density at radius 1 is 1.32 bits per heavy atom. The molecule has 19 heavy (non-hydrogen) atoms. The molecule has 0 saturated carbocycles. The summed E-state index contributed by atoms with van der Waals surface area (Å²) in [5.74, 6) is -1.61. The quantitative estimate of drug-likeness (QED) is 0.803. The number of hydrogen-bond donors (Lipinski definition) is 1. The Hall–Kier alpha value is -1.97. The first kappa shape index (κ1) is 15.1. The lowest BCUT2D eigenvalue weighted by Gasteiger charge is -2.07. The molecule has 0 amide bonds. The average molecular weight is 264 g/mol. The monoisotopic (exact) mass is 264 g/mol. The third-order valence-corrected chi connectivity index (χ3v) is 2.96. The summed E-state index contributed by atoms with van der Waals surface area (Å²) in [4.78, 5) is 22.1. The average Bonchev–Trinajstić information content (AvgIpc) is 2.38. The van der Waals surface area contributed by atoms with Gasteiger partial charge in [0.1, 0.15) is 0 Å². The first-order valence-electron chi connectivity index (χ1n) is 6.06. The summed E-state index contributed by atoms with van der Waals surface area (Å²) in [5.41, 5.74) is 1.89. The summed E-state index contributed by atoms with van der Waals surface area (Å²) in [7, 11) is 0. The van der Waals surface area contributed by atoms with Crippen LogP contribution in [0, 0.1) is 0 Å². The Kier molecular flexibility index (Phi) is 5.42. The van der Waals surface area contributed by atoms with Crippen LogP contribution in [0.1, 0.15) is 37.3 Å². The Morgan fingerprint density at radius 3 is 2.32 bits per heavy atom. The first-order valence-corrected chi connectivity index (χ1v) is 6.06. The highest BCUT2D eigenvalue weighted by Crippen LogP contribution is 2.18. The van der Waals surface area contributed by atoms with E-state index >= 15 is 0 Å². The SMILES string of the molecule is CC(=O)C(=Cc1ccc(C(C)C(=O)O)cc1)CCF. The topological polar surface area (TPSA) is 54.4 Å². The van der Waals surface area contributed by atoms with Gasteiger partial charge in [0.15, 0.2) is 5.78 Å². The molecule has 0 heterocycles. The number of carboxylic acids is 1. The van der Waals surface area contributed by atoms with Gasteiger partial charge in [-0.1, -0.05) is 24.3 Å². The van der Waals surface area contributed by atoms with Crippen molar-refractivity contribution in [2.45, 2.75) is 26.2 Å². The molecule has 0 radical (unpaired) electrons. The molecule has 102 valence electrons.